The molecule has 1 aromatic rings. The normalized spacial score (nSPS) is 11.3. The summed E-state index contributed by atoms with van der Waals surface area (Å²) in [6, 6.07) is 8.10. The minimum Gasteiger partial charge on any atom is -0.366 e. The van der Waals surface area contributed by atoms with E-state index in [1.807, 2.05) is 50.2 Å². The second kappa shape index (κ2) is 5.03. The Morgan fingerprint density at radius 2 is 1.73 bits per heavy atom. The quantitative estimate of drug-likeness (QED) is 0.411. The highest BCUT2D eigenvalue weighted by atomic mass is 32.1. The van der Waals surface area contributed by atoms with Crippen LogP contribution in [0.5, 0.6) is 0 Å². The van der Waals surface area contributed by atoms with Crippen molar-refractivity contribution >= 4 is 23.0 Å². The van der Waals surface area contributed by atoms with E-state index in [-0.39, 0.29) is 0 Å². The molecule has 2 nitrogen and oxygen atoms in total. The van der Waals surface area contributed by atoms with E-state index in [1.54, 1.807) is 0 Å². The van der Waals surface area contributed by atoms with Gasteiger partial charge in [0.25, 0.3) is 0 Å². The van der Waals surface area contributed by atoms with Crippen LogP contribution < -0.4 is 0 Å². The Morgan fingerprint density at radius 3 is 2.20 bits per heavy atom. The molecule has 0 saturated heterocycles. The molecule has 0 saturated carbocycles. The van der Waals surface area contributed by atoms with Crippen LogP contribution in [-0.4, -0.2) is 29.8 Å². The number of rotatable bonds is 1. The van der Waals surface area contributed by atoms with E-state index in [0.29, 0.717) is 4.99 Å². The van der Waals surface area contributed by atoms with Gasteiger partial charge in [0.15, 0.2) is 0 Å². The number of hydrogen-bond acceptors (Lipinski definition) is 1. The monoisotopic (exact) mass is 220 g/mol. The summed E-state index contributed by atoms with van der Waals surface area (Å²) in [5.74, 6) is 0.917. The lowest BCUT2D eigenvalue weighted by atomic mass is 10.1. The van der Waals surface area contributed by atoms with Gasteiger partial charge in [-0.2, -0.15) is 0 Å². The van der Waals surface area contributed by atoms with Gasteiger partial charge in [-0.15, -0.1) is 0 Å². The first-order valence-corrected chi connectivity index (χ1v) is 5.25. The molecular weight excluding hydrogens is 204 g/mol. The summed E-state index contributed by atoms with van der Waals surface area (Å²) >= 11 is 5.25. The van der Waals surface area contributed by atoms with Crippen molar-refractivity contribution in [3.63, 3.8) is 0 Å². The molecule has 15 heavy (non-hydrogen) atoms. The molecule has 0 aromatic heterocycles. The molecule has 80 valence electrons. The first kappa shape index (κ1) is 11.9. The third kappa shape index (κ3) is 3.44. The Morgan fingerprint density at radius 1 is 1.20 bits per heavy atom. The van der Waals surface area contributed by atoms with Gasteiger partial charge in [0.2, 0.25) is 0 Å². The summed E-state index contributed by atoms with van der Waals surface area (Å²) < 4.78 is 0. The predicted octanol–water partition coefficient (Wildman–Crippen LogP) is 2.65. The van der Waals surface area contributed by atoms with Crippen LogP contribution in [0.3, 0.4) is 0 Å². The zero-order chi connectivity index (χ0) is 11.4. The summed E-state index contributed by atoms with van der Waals surface area (Å²) in [4.78, 5) is 6.94. The van der Waals surface area contributed by atoms with E-state index in [2.05, 4.69) is 11.9 Å². The van der Waals surface area contributed by atoms with Crippen LogP contribution >= 0.6 is 12.2 Å². The van der Waals surface area contributed by atoms with Crippen LogP contribution in [0.1, 0.15) is 18.1 Å². The Hall–Kier alpha value is -1.22. The van der Waals surface area contributed by atoms with Crippen molar-refractivity contribution in [2.45, 2.75) is 13.8 Å². The van der Waals surface area contributed by atoms with Gasteiger partial charge in [-0.05, 0) is 13.8 Å². The molecule has 1 rings (SSSR count). The first-order valence-electron chi connectivity index (χ1n) is 4.84. The maximum Gasteiger partial charge on any atom is 0.135 e. The maximum atomic E-state index is 5.25. The van der Waals surface area contributed by atoms with Crippen molar-refractivity contribution in [2.75, 3.05) is 14.1 Å². The molecule has 0 bridgehead atoms. The summed E-state index contributed by atoms with van der Waals surface area (Å²) in [7, 11) is 3.91. The zero-order valence-electron chi connectivity index (χ0n) is 9.61. The van der Waals surface area contributed by atoms with Crippen molar-refractivity contribution in [2.24, 2.45) is 4.99 Å². The number of nitrogens with zero attached hydrogens (tertiary/aromatic N) is 2. The van der Waals surface area contributed by atoms with Gasteiger partial charge in [-0.25, -0.2) is 4.99 Å². The highest BCUT2D eigenvalue weighted by Gasteiger charge is 2.00. The molecule has 0 spiro atoms. The summed E-state index contributed by atoms with van der Waals surface area (Å²) in [6.45, 7) is 4.00. The smallest absolute Gasteiger partial charge is 0.135 e. The van der Waals surface area contributed by atoms with Gasteiger partial charge < -0.3 is 4.90 Å². The minimum absolute atomic E-state index is 0.640. The van der Waals surface area contributed by atoms with Crippen LogP contribution in [0.4, 0.5) is 0 Å². The number of amidine groups is 1. The fourth-order valence-electron chi connectivity index (χ4n) is 1.01. The molecule has 0 fully saturated rings. The molecule has 0 radical (unpaired) electrons. The molecule has 0 heterocycles. The highest BCUT2D eigenvalue weighted by molar-refractivity contribution is 7.80. The predicted molar refractivity (Wildman–Crippen MR) is 69.7 cm³/mol. The van der Waals surface area contributed by atoms with Crippen LogP contribution in [0.2, 0.25) is 0 Å². The fourth-order valence-corrected chi connectivity index (χ4v) is 1.28. The van der Waals surface area contributed by atoms with Gasteiger partial charge in [0.05, 0.1) is 0 Å². The molecule has 0 aliphatic heterocycles. The van der Waals surface area contributed by atoms with Gasteiger partial charge in [-0.3, -0.25) is 0 Å². The summed E-state index contributed by atoms with van der Waals surface area (Å²) in [5, 5.41) is 0. The van der Waals surface area contributed by atoms with Crippen LogP contribution in [0.15, 0.2) is 29.3 Å². The Bertz CT molecular complexity index is 377. The lowest BCUT2D eigenvalue weighted by Crippen LogP contribution is -2.19. The Balaban J connectivity index is 2.86. The number of benzene rings is 1. The molecule has 0 N–H and O–H groups in total. The third-order valence-corrected chi connectivity index (χ3v) is 2.54. The molecule has 0 unspecified atom stereocenters. The second-order valence-corrected chi connectivity index (χ2v) is 4.11. The fraction of sp³-hybridized carbons (Fsp3) is 0.333. The molecule has 0 aliphatic rings. The summed E-state index contributed by atoms with van der Waals surface area (Å²) in [6.07, 6.45) is 0. The van der Waals surface area contributed by atoms with Gasteiger partial charge >= 0.3 is 0 Å². The van der Waals surface area contributed by atoms with Crippen LogP contribution in [-0.2, 0) is 0 Å². The van der Waals surface area contributed by atoms with E-state index in [0.717, 1.165) is 11.4 Å². The zero-order valence-corrected chi connectivity index (χ0v) is 10.4. The second-order valence-electron chi connectivity index (χ2n) is 3.72. The van der Waals surface area contributed by atoms with E-state index in [4.69, 9.17) is 12.2 Å². The molecule has 0 atom stereocenters. The molecular formula is C12H16N2S. The van der Waals surface area contributed by atoms with Crippen molar-refractivity contribution < 1.29 is 0 Å². The standard InChI is InChI=1S/C12H16N2S/c1-9-5-7-11(8-6-9)12(15)13-10(2)14(3)4/h5-8H,1-4H3. The van der Waals surface area contributed by atoms with E-state index >= 15 is 0 Å². The van der Waals surface area contributed by atoms with Crippen LogP contribution in [0.25, 0.3) is 0 Å². The Labute approximate surface area is 96.6 Å². The van der Waals surface area contributed by atoms with Crippen molar-refractivity contribution in [1.29, 1.82) is 0 Å². The molecule has 1 aromatic carbocycles. The number of thiocarbonyl (C=S) groups is 1. The van der Waals surface area contributed by atoms with Crippen molar-refractivity contribution in [3.8, 4) is 0 Å². The molecule has 0 aliphatic carbocycles. The van der Waals surface area contributed by atoms with Gasteiger partial charge in [-0.1, -0.05) is 42.0 Å². The van der Waals surface area contributed by atoms with E-state index < -0.39 is 0 Å². The van der Waals surface area contributed by atoms with E-state index in [9.17, 15) is 0 Å². The SMILES string of the molecule is CC(=NC(=S)c1ccc(C)cc1)N(C)C. The van der Waals surface area contributed by atoms with Gasteiger partial charge in [0, 0.05) is 19.7 Å². The lowest BCUT2D eigenvalue weighted by Gasteiger charge is -2.11. The van der Waals surface area contributed by atoms with Crippen LogP contribution in [0, 0.1) is 6.92 Å². The van der Waals surface area contributed by atoms with Gasteiger partial charge in [0.1, 0.15) is 10.8 Å². The Kier molecular flexibility index (Phi) is 3.97. The topological polar surface area (TPSA) is 15.6 Å². The minimum atomic E-state index is 0.640. The van der Waals surface area contributed by atoms with E-state index in [1.165, 1.54) is 5.56 Å². The van der Waals surface area contributed by atoms with Crippen molar-refractivity contribution in [3.05, 3.63) is 35.4 Å². The lowest BCUT2D eigenvalue weighted by molar-refractivity contribution is 0.620. The maximum absolute atomic E-state index is 5.25. The molecule has 0 amide bonds. The average Bonchev–Trinajstić information content (AvgIpc) is 2.18. The van der Waals surface area contributed by atoms with Crippen molar-refractivity contribution in [1.82, 2.24) is 4.90 Å². The summed E-state index contributed by atoms with van der Waals surface area (Å²) in [5.41, 5.74) is 2.23. The number of hydrogen-bond donors (Lipinski definition) is 0. The number of aliphatic imine (C=N–C) groups is 1. The first-order chi connectivity index (χ1) is 7.00. The largest absolute Gasteiger partial charge is 0.366 e. The third-order valence-electron chi connectivity index (χ3n) is 2.21. The highest BCUT2D eigenvalue weighted by Crippen LogP contribution is 2.06. The molecule has 3 heteroatoms. The number of aryl methyl sites for hydroxylation is 1. The average molecular weight is 220 g/mol.